The van der Waals surface area contributed by atoms with Crippen LogP contribution in [0.1, 0.15) is 64.2 Å². The average Bonchev–Trinajstić information content (AvgIpc) is 2.21. The molecule has 0 aliphatic rings. The molecule has 0 unspecified atom stereocenters. The largest absolute Gasteiger partial charge is 0.179 e. The molecule has 0 nitrogen and oxygen atoms in total. The van der Waals surface area contributed by atoms with E-state index in [1.54, 1.807) is 0 Å². The fourth-order valence-electron chi connectivity index (χ4n) is 1.62. The Balaban J connectivity index is 2.78. The number of unbranched alkanes of at least 4 members (excludes halogenated alkanes) is 9. The fraction of sp³-hybridized carbons (Fsp3) is 1.00. The van der Waals surface area contributed by atoms with E-state index in [2.05, 4.69) is 35.2 Å². The van der Waals surface area contributed by atoms with Gasteiger partial charge in [-0.25, -0.2) is 0 Å². The molecule has 0 aromatic carbocycles. The minimum atomic E-state index is 1.07. The van der Waals surface area contributed by atoms with Gasteiger partial charge in [0, 0.05) is 0 Å². The molecule has 0 atom stereocenters. The second-order valence-electron chi connectivity index (χ2n) is 3.95. The maximum Gasteiger partial charge on any atom is -0.000473 e. The van der Waals surface area contributed by atoms with Crippen molar-refractivity contribution in [3.63, 3.8) is 0 Å². The Kier molecular flexibility index (Phi) is 15.2. The van der Waals surface area contributed by atoms with Crippen molar-refractivity contribution in [1.82, 2.24) is 0 Å². The molecule has 0 saturated heterocycles. The molecule has 0 saturated carbocycles. The summed E-state index contributed by atoms with van der Waals surface area (Å²) in [5.41, 5.74) is 0. The topological polar surface area (TPSA) is 0 Å². The van der Waals surface area contributed by atoms with E-state index in [9.17, 15) is 0 Å². The molecule has 0 rings (SSSR count). The van der Waals surface area contributed by atoms with Gasteiger partial charge < -0.3 is 0 Å². The van der Waals surface area contributed by atoms with Gasteiger partial charge in [0.25, 0.3) is 0 Å². The average molecular weight is 328 g/mol. The van der Waals surface area contributed by atoms with Gasteiger partial charge in [-0.2, -0.15) is 12.6 Å². The number of thiol groups is 1. The predicted molar refractivity (Wildman–Crippen MR) is 78.9 cm³/mol. The molecule has 0 aromatic heterocycles. The highest BCUT2D eigenvalue weighted by molar-refractivity contribution is 14.1. The van der Waals surface area contributed by atoms with Crippen molar-refractivity contribution >= 4 is 35.2 Å². The molecule has 0 heterocycles. The maximum absolute atomic E-state index is 4.21. The first-order valence-corrected chi connectivity index (χ1v) is 8.24. The normalized spacial score (nSPS) is 10.7. The van der Waals surface area contributed by atoms with E-state index in [1.807, 2.05) is 0 Å². The van der Waals surface area contributed by atoms with Crippen molar-refractivity contribution in [2.75, 3.05) is 10.2 Å². The Hall–Kier alpha value is 1.08. The lowest BCUT2D eigenvalue weighted by Gasteiger charge is -2.01. The first-order chi connectivity index (χ1) is 6.91. The van der Waals surface area contributed by atoms with E-state index in [0.29, 0.717) is 0 Å². The van der Waals surface area contributed by atoms with Crippen LogP contribution in [0.4, 0.5) is 0 Å². The van der Waals surface area contributed by atoms with Crippen molar-refractivity contribution in [2.45, 2.75) is 64.2 Å². The van der Waals surface area contributed by atoms with E-state index in [4.69, 9.17) is 0 Å². The molecule has 0 bridgehead atoms. The van der Waals surface area contributed by atoms with Crippen molar-refractivity contribution < 1.29 is 0 Å². The lowest BCUT2D eigenvalue weighted by Crippen LogP contribution is -1.82. The molecule has 0 aliphatic carbocycles. The predicted octanol–water partition coefficient (Wildman–Crippen LogP) is 5.25. The molecule has 14 heavy (non-hydrogen) atoms. The highest BCUT2D eigenvalue weighted by Crippen LogP contribution is 2.11. The summed E-state index contributed by atoms with van der Waals surface area (Å²) in [6.07, 6.45) is 14.3. The minimum Gasteiger partial charge on any atom is -0.179 e. The number of hydrogen-bond donors (Lipinski definition) is 1. The van der Waals surface area contributed by atoms with Gasteiger partial charge >= 0.3 is 0 Å². The molecule has 0 aromatic rings. The second kappa shape index (κ2) is 14.1. The van der Waals surface area contributed by atoms with Crippen molar-refractivity contribution in [1.29, 1.82) is 0 Å². The first kappa shape index (κ1) is 15.1. The molecule has 2 heteroatoms. The third-order valence-electron chi connectivity index (χ3n) is 2.54. The molecule has 0 fully saturated rings. The Morgan fingerprint density at radius 2 is 0.929 bits per heavy atom. The van der Waals surface area contributed by atoms with Gasteiger partial charge in [-0.15, -0.1) is 0 Å². The molecular formula is C12H25IS. The van der Waals surface area contributed by atoms with Gasteiger partial charge in [-0.05, 0) is 23.0 Å². The van der Waals surface area contributed by atoms with Crippen LogP contribution in [-0.4, -0.2) is 10.2 Å². The van der Waals surface area contributed by atoms with Gasteiger partial charge in [-0.3, -0.25) is 0 Å². The van der Waals surface area contributed by atoms with Crippen LogP contribution in [0, 0.1) is 0 Å². The summed E-state index contributed by atoms with van der Waals surface area (Å²) >= 11 is 6.68. The molecular weight excluding hydrogens is 303 g/mol. The summed E-state index contributed by atoms with van der Waals surface area (Å²) in [7, 11) is 0. The zero-order valence-corrected chi connectivity index (χ0v) is 12.4. The summed E-state index contributed by atoms with van der Waals surface area (Å²) in [6.45, 7) is 0. The van der Waals surface area contributed by atoms with Crippen molar-refractivity contribution in [3.8, 4) is 0 Å². The van der Waals surface area contributed by atoms with Gasteiger partial charge in [-0.1, -0.05) is 74.0 Å². The lowest BCUT2D eigenvalue weighted by atomic mass is 10.1. The fourth-order valence-corrected chi connectivity index (χ4v) is 2.38. The van der Waals surface area contributed by atoms with E-state index >= 15 is 0 Å². The summed E-state index contributed by atoms with van der Waals surface area (Å²) in [5.74, 6) is 1.07. The van der Waals surface area contributed by atoms with Gasteiger partial charge in [0.15, 0.2) is 0 Å². The molecule has 0 amide bonds. The van der Waals surface area contributed by atoms with E-state index in [1.165, 1.54) is 68.6 Å². The Morgan fingerprint density at radius 3 is 1.29 bits per heavy atom. The van der Waals surface area contributed by atoms with Crippen LogP contribution in [0.3, 0.4) is 0 Å². The molecule has 0 aliphatic heterocycles. The number of alkyl halides is 1. The zero-order valence-electron chi connectivity index (χ0n) is 9.31. The van der Waals surface area contributed by atoms with E-state index in [0.717, 1.165) is 5.75 Å². The van der Waals surface area contributed by atoms with Gasteiger partial charge in [0.2, 0.25) is 0 Å². The van der Waals surface area contributed by atoms with E-state index in [-0.39, 0.29) is 0 Å². The van der Waals surface area contributed by atoms with Crippen LogP contribution < -0.4 is 0 Å². The van der Waals surface area contributed by atoms with Crippen LogP contribution in [0.25, 0.3) is 0 Å². The lowest BCUT2D eigenvalue weighted by molar-refractivity contribution is 0.564. The van der Waals surface area contributed by atoms with Crippen LogP contribution >= 0.6 is 35.2 Å². The Labute approximate surface area is 109 Å². The van der Waals surface area contributed by atoms with Crippen LogP contribution in [0.2, 0.25) is 0 Å². The van der Waals surface area contributed by atoms with Crippen LogP contribution in [0.5, 0.6) is 0 Å². The first-order valence-electron chi connectivity index (χ1n) is 6.08. The smallest absolute Gasteiger partial charge is 0.000473 e. The standard InChI is InChI=1S/C12H25IS/c13-11-9-7-5-3-1-2-4-6-8-10-12-14/h14H,1-12H2. The summed E-state index contributed by atoms with van der Waals surface area (Å²) in [6, 6.07) is 0. The third-order valence-corrected chi connectivity index (χ3v) is 3.62. The van der Waals surface area contributed by atoms with Crippen LogP contribution in [0.15, 0.2) is 0 Å². The number of rotatable bonds is 11. The SMILES string of the molecule is SCCCCCCCCCCCCI. The Bertz CT molecular complexity index is 84.3. The Morgan fingerprint density at radius 1 is 0.571 bits per heavy atom. The molecule has 86 valence electrons. The minimum absolute atomic E-state index is 1.07. The van der Waals surface area contributed by atoms with E-state index < -0.39 is 0 Å². The monoisotopic (exact) mass is 328 g/mol. The summed E-state index contributed by atoms with van der Waals surface area (Å²) < 4.78 is 1.33. The zero-order chi connectivity index (χ0) is 10.5. The summed E-state index contributed by atoms with van der Waals surface area (Å²) in [5, 5.41) is 0. The highest BCUT2D eigenvalue weighted by atomic mass is 127. The van der Waals surface area contributed by atoms with Crippen molar-refractivity contribution in [3.05, 3.63) is 0 Å². The maximum atomic E-state index is 4.21. The van der Waals surface area contributed by atoms with Crippen LogP contribution in [-0.2, 0) is 0 Å². The number of hydrogen-bond acceptors (Lipinski definition) is 1. The number of halogens is 1. The third kappa shape index (κ3) is 13.1. The molecule has 0 radical (unpaired) electrons. The molecule has 0 spiro atoms. The second-order valence-corrected chi connectivity index (χ2v) is 5.47. The molecule has 0 N–H and O–H groups in total. The van der Waals surface area contributed by atoms with Gasteiger partial charge in [0.05, 0.1) is 0 Å². The van der Waals surface area contributed by atoms with Crippen molar-refractivity contribution in [2.24, 2.45) is 0 Å². The highest BCUT2D eigenvalue weighted by Gasteiger charge is 1.91. The van der Waals surface area contributed by atoms with Gasteiger partial charge in [0.1, 0.15) is 0 Å². The quantitative estimate of drug-likeness (QED) is 0.228. The summed E-state index contributed by atoms with van der Waals surface area (Å²) in [4.78, 5) is 0.